The summed E-state index contributed by atoms with van der Waals surface area (Å²) in [6.45, 7) is 4.92. The molecule has 1 aromatic heterocycles. The smallest absolute Gasteiger partial charge is 0.342 e. The number of aryl methyl sites for hydroxylation is 1. The highest BCUT2D eigenvalue weighted by Gasteiger charge is 2.21. The molecule has 0 atom stereocenters. The van der Waals surface area contributed by atoms with Gasteiger partial charge in [0.15, 0.2) is 6.61 Å². The number of hydrogen-bond acceptors (Lipinski definition) is 4. The van der Waals surface area contributed by atoms with Crippen LogP contribution in [0.5, 0.6) is 0 Å². The van der Waals surface area contributed by atoms with Crippen LogP contribution in [0.4, 0.5) is 5.69 Å². The van der Waals surface area contributed by atoms with Gasteiger partial charge in [-0.15, -0.1) is 0 Å². The fourth-order valence-electron chi connectivity index (χ4n) is 2.89. The van der Waals surface area contributed by atoms with E-state index in [-0.39, 0.29) is 0 Å². The van der Waals surface area contributed by atoms with Crippen LogP contribution in [0.3, 0.4) is 0 Å². The van der Waals surface area contributed by atoms with Gasteiger partial charge in [0, 0.05) is 10.7 Å². The van der Waals surface area contributed by atoms with Crippen LogP contribution >= 0.6 is 11.6 Å². The van der Waals surface area contributed by atoms with Crippen molar-refractivity contribution in [2.45, 2.75) is 20.8 Å². The maximum atomic E-state index is 12.5. The van der Waals surface area contributed by atoms with E-state index in [4.69, 9.17) is 16.3 Å². The van der Waals surface area contributed by atoms with E-state index in [0.717, 1.165) is 11.3 Å². The molecule has 1 N–H and O–H groups in total. The number of rotatable bonds is 5. The van der Waals surface area contributed by atoms with Crippen LogP contribution < -0.4 is 5.32 Å². The molecule has 1 heterocycles. The minimum Gasteiger partial charge on any atom is -0.452 e. The molecule has 0 saturated carbocycles. The summed E-state index contributed by atoms with van der Waals surface area (Å²) in [5.74, 6) is -1.03. The minimum absolute atomic E-state index is 0.357. The standard InChI is InChI=1S/C21H20ClN3O3/c1-13-17(22)10-7-11-18(13)23-19(26)12-28-21(27)20-14(2)24-25(15(20)3)16-8-5-4-6-9-16/h4-11H,12H2,1-3H3,(H,23,26). The van der Waals surface area contributed by atoms with Crippen molar-refractivity contribution in [2.24, 2.45) is 0 Å². The molecular formula is C21H20ClN3O3. The van der Waals surface area contributed by atoms with Crippen LogP contribution in [0.2, 0.25) is 5.02 Å². The number of para-hydroxylation sites is 1. The van der Waals surface area contributed by atoms with Crippen molar-refractivity contribution in [1.82, 2.24) is 9.78 Å². The number of carbonyl (C=O) groups is 2. The number of carbonyl (C=O) groups excluding carboxylic acids is 2. The topological polar surface area (TPSA) is 73.2 Å². The molecule has 0 aliphatic carbocycles. The summed E-state index contributed by atoms with van der Waals surface area (Å²) >= 11 is 6.05. The Kier molecular flexibility index (Phi) is 5.80. The number of ether oxygens (including phenoxy) is 1. The van der Waals surface area contributed by atoms with Gasteiger partial charge >= 0.3 is 5.97 Å². The van der Waals surface area contributed by atoms with Crippen LogP contribution in [-0.2, 0) is 9.53 Å². The van der Waals surface area contributed by atoms with Crippen molar-refractivity contribution >= 4 is 29.2 Å². The van der Waals surface area contributed by atoms with Gasteiger partial charge in [-0.05, 0) is 50.6 Å². The number of benzene rings is 2. The van der Waals surface area contributed by atoms with Crippen LogP contribution in [0.1, 0.15) is 27.3 Å². The van der Waals surface area contributed by atoms with E-state index in [2.05, 4.69) is 10.4 Å². The van der Waals surface area contributed by atoms with Gasteiger partial charge in [-0.1, -0.05) is 35.9 Å². The third-order valence-electron chi connectivity index (χ3n) is 4.37. The lowest BCUT2D eigenvalue weighted by Crippen LogP contribution is -2.21. The van der Waals surface area contributed by atoms with Gasteiger partial charge in [0.05, 0.1) is 17.1 Å². The van der Waals surface area contributed by atoms with Crippen LogP contribution in [0, 0.1) is 20.8 Å². The highest BCUT2D eigenvalue weighted by atomic mass is 35.5. The lowest BCUT2D eigenvalue weighted by molar-refractivity contribution is -0.119. The maximum Gasteiger partial charge on any atom is 0.342 e. The number of aromatic nitrogens is 2. The highest BCUT2D eigenvalue weighted by molar-refractivity contribution is 6.31. The van der Waals surface area contributed by atoms with Gasteiger partial charge in [-0.2, -0.15) is 5.10 Å². The molecule has 0 aliphatic rings. The first kappa shape index (κ1) is 19.6. The second-order valence-electron chi connectivity index (χ2n) is 6.33. The van der Waals surface area contributed by atoms with E-state index in [1.54, 1.807) is 43.7 Å². The van der Waals surface area contributed by atoms with E-state index in [0.29, 0.717) is 27.7 Å². The number of hydrogen-bond donors (Lipinski definition) is 1. The summed E-state index contributed by atoms with van der Waals surface area (Å²) in [6.07, 6.45) is 0. The number of anilines is 1. The predicted molar refractivity (Wildman–Crippen MR) is 108 cm³/mol. The fraction of sp³-hybridized carbons (Fsp3) is 0.190. The van der Waals surface area contributed by atoms with Crippen molar-refractivity contribution in [3.8, 4) is 5.69 Å². The molecule has 3 aromatic rings. The molecule has 2 aromatic carbocycles. The average Bonchev–Trinajstić information content (AvgIpc) is 2.98. The summed E-state index contributed by atoms with van der Waals surface area (Å²) in [7, 11) is 0. The minimum atomic E-state index is -0.588. The Morgan fingerprint density at radius 2 is 1.79 bits per heavy atom. The molecule has 6 nitrogen and oxygen atoms in total. The number of halogens is 1. The number of amides is 1. The van der Waals surface area contributed by atoms with Gasteiger partial charge in [0.1, 0.15) is 5.56 Å². The Hall–Kier alpha value is -3.12. The summed E-state index contributed by atoms with van der Waals surface area (Å²) < 4.78 is 6.89. The molecule has 28 heavy (non-hydrogen) atoms. The molecule has 0 bridgehead atoms. The zero-order valence-corrected chi connectivity index (χ0v) is 16.6. The first-order valence-electron chi connectivity index (χ1n) is 8.72. The first-order valence-corrected chi connectivity index (χ1v) is 9.10. The normalized spacial score (nSPS) is 10.6. The van der Waals surface area contributed by atoms with Crippen molar-refractivity contribution in [2.75, 3.05) is 11.9 Å². The Morgan fingerprint density at radius 1 is 1.07 bits per heavy atom. The Balaban J connectivity index is 1.69. The maximum absolute atomic E-state index is 12.5. The molecule has 7 heteroatoms. The van der Waals surface area contributed by atoms with E-state index in [1.165, 1.54) is 0 Å². The third kappa shape index (κ3) is 4.07. The highest BCUT2D eigenvalue weighted by Crippen LogP contribution is 2.23. The Bertz CT molecular complexity index is 1030. The lowest BCUT2D eigenvalue weighted by atomic mass is 10.2. The number of esters is 1. The van der Waals surface area contributed by atoms with E-state index >= 15 is 0 Å². The second-order valence-corrected chi connectivity index (χ2v) is 6.74. The van der Waals surface area contributed by atoms with Crippen molar-refractivity contribution in [3.05, 3.63) is 76.1 Å². The SMILES string of the molecule is Cc1nn(-c2ccccc2)c(C)c1C(=O)OCC(=O)Nc1cccc(Cl)c1C. The summed E-state index contributed by atoms with van der Waals surface area (Å²) in [5, 5.41) is 7.67. The number of nitrogens with zero attached hydrogens (tertiary/aromatic N) is 2. The largest absolute Gasteiger partial charge is 0.452 e. The van der Waals surface area contributed by atoms with Crippen LogP contribution in [0.25, 0.3) is 5.69 Å². The number of nitrogens with one attached hydrogen (secondary N) is 1. The fourth-order valence-corrected chi connectivity index (χ4v) is 3.07. The van der Waals surface area contributed by atoms with Gasteiger partial charge in [-0.25, -0.2) is 9.48 Å². The predicted octanol–water partition coefficient (Wildman–Crippen LogP) is 4.25. The molecule has 0 saturated heterocycles. The molecule has 144 valence electrons. The van der Waals surface area contributed by atoms with Crippen molar-refractivity contribution in [1.29, 1.82) is 0 Å². The van der Waals surface area contributed by atoms with Crippen molar-refractivity contribution in [3.63, 3.8) is 0 Å². The molecule has 0 fully saturated rings. The molecule has 0 spiro atoms. The molecular weight excluding hydrogens is 378 g/mol. The van der Waals surface area contributed by atoms with Gasteiger partial charge < -0.3 is 10.1 Å². The van der Waals surface area contributed by atoms with Crippen LogP contribution in [0.15, 0.2) is 48.5 Å². The Labute approximate surface area is 168 Å². The van der Waals surface area contributed by atoms with E-state index in [9.17, 15) is 9.59 Å². The zero-order valence-electron chi connectivity index (χ0n) is 15.8. The molecule has 0 radical (unpaired) electrons. The lowest BCUT2D eigenvalue weighted by Gasteiger charge is -2.10. The quantitative estimate of drug-likeness (QED) is 0.653. The summed E-state index contributed by atoms with van der Waals surface area (Å²) in [4.78, 5) is 24.7. The van der Waals surface area contributed by atoms with Crippen molar-refractivity contribution < 1.29 is 14.3 Å². The van der Waals surface area contributed by atoms with E-state index < -0.39 is 18.5 Å². The summed E-state index contributed by atoms with van der Waals surface area (Å²) in [6, 6.07) is 14.7. The monoisotopic (exact) mass is 397 g/mol. The van der Waals surface area contributed by atoms with Gasteiger partial charge in [-0.3, -0.25) is 4.79 Å². The molecule has 0 unspecified atom stereocenters. The van der Waals surface area contributed by atoms with Gasteiger partial charge in [0.25, 0.3) is 5.91 Å². The average molecular weight is 398 g/mol. The second kappa shape index (κ2) is 8.27. The van der Waals surface area contributed by atoms with Gasteiger partial charge in [0.2, 0.25) is 0 Å². The molecule has 0 aliphatic heterocycles. The summed E-state index contributed by atoms with van der Waals surface area (Å²) in [5.41, 5.74) is 3.72. The zero-order chi connectivity index (χ0) is 20.3. The van der Waals surface area contributed by atoms with E-state index in [1.807, 2.05) is 30.3 Å². The third-order valence-corrected chi connectivity index (χ3v) is 4.78. The Morgan fingerprint density at radius 3 is 2.50 bits per heavy atom. The first-order chi connectivity index (χ1) is 13.4. The molecule has 3 rings (SSSR count). The molecule has 1 amide bonds. The van der Waals surface area contributed by atoms with Crippen LogP contribution in [-0.4, -0.2) is 28.3 Å².